The topological polar surface area (TPSA) is 59.6 Å². The average Bonchev–Trinajstić information content (AvgIpc) is 3.04. The molecule has 2 aromatic rings. The van der Waals surface area contributed by atoms with Crippen molar-refractivity contribution in [1.82, 2.24) is 0 Å². The Morgan fingerprint density at radius 2 is 2.00 bits per heavy atom. The highest BCUT2D eigenvalue weighted by atomic mass is 35.5. The summed E-state index contributed by atoms with van der Waals surface area (Å²) < 4.78 is 43.0. The van der Waals surface area contributed by atoms with Gasteiger partial charge in [0.05, 0.1) is 12.0 Å². The monoisotopic (exact) mass is 357 g/mol. The molecule has 2 rings (SSSR count). The van der Waals surface area contributed by atoms with Gasteiger partial charge in [0.25, 0.3) is 5.78 Å². The minimum absolute atomic E-state index is 0.220. The lowest BCUT2D eigenvalue weighted by Crippen LogP contribution is -2.36. The molecule has 0 aliphatic heterocycles. The molecule has 0 aliphatic rings. The molecular formula is C16H11ClF3NO3. The lowest BCUT2D eigenvalue weighted by atomic mass is 9.98. The lowest BCUT2D eigenvalue weighted by molar-refractivity contribution is -0.171. The summed E-state index contributed by atoms with van der Waals surface area (Å²) in [4.78, 5) is 27.4. The van der Waals surface area contributed by atoms with Gasteiger partial charge in [0, 0.05) is 11.2 Å². The predicted octanol–water partition coefficient (Wildman–Crippen LogP) is 4.57. The number of hydrogen-bond donors (Lipinski definition) is 0. The van der Waals surface area contributed by atoms with E-state index >= 15 is 0 Å². The highest BCUT2D eigenvalue weighted by Gasteiger charge is 2.46. The number of benzene rings is 1. The standard InChI is InChI=1S/C16H11ClF3NO3/c1-9-4-5-10(7-12(9)17)21-8-11(15(23)16(18,19)20)14(22)13-3-2-6-24-13/h2-8,11H,1H3. The maximum Gasteiger partial charge on any atom is 0.451 e. The number of carbonyl (C=O) groups excluding carboxylic acids is 2. The fourth-order valence-electron chi connectivity index (χ4n) is 1.83. The first-order chi connectivity index (χ1) is 11.2. The molecule has 1 atom stereocenters. The molecule has 1 unspecified atom stereocenters. The number of rotatable bonds is 5. The summed E-state index contributed by atoms with van der Waals surface area (Å²) in [6, 6.07) is 7.04. The molecule has 8 heteroatoms. The van der Waals surface area contributed by atoms with E-state index in [9.17, 15) is 22.8 Å². The number of alkyl halides is 3. The number of aryl methyl sites for hydroxylation is 1. The molecule has 0 bridgehead atoms. The summed E-state index contributed by atoms with van der Waals surface area (Å²) in [5.41, 5.74) is 0.975. The molecule has 0 spiro atoms. The van der Waals surface area contributed by atoms with Crippen LogP contribution < -0.4 is 0 Å². The highest BCUT2D eigenvalue weighted by molar-refractivity contribution is 6.31. The highest BCUT2D eigenvalue weighted by Crippen LogP contribution is 2.25. The fourth-order valence-corrected chi connectivity index (χ4v) is 2.00. The molecule has 0 saturated heterocycles. The third-order valence-electron chi connectivity index (χ3n) is 3.14. The zero-order valence-electron chi connectivity index (χ0n) is 12.3. The smallest absolute Gasteiger partial charge is 0.451 e. The van der Waals surface area contributed by atoms with Crippen molar-refractivity contribution in [3.05, 3.63) is 52.9 Å². The average molecular weight is 358 g/mol. The van der Waals surface area contributed by atoms with E-state index in [0.29, 0.717) is 11.2 Å². The van der Waals surface area contributed by atoms with Crippen molar-refractivity contribution in [2.75, 3.05) is 0 Å². The van der Waals surface area contributed by atoms with Crippen molar-refractivity contribution in [2.45, 2.75) is 13.1 Å². The Morgan fingerprint density at radius 3 is 2.54 bits per heavy atom. The van der Waals surface area contributed by atoms with Gasteiger partial charge in [-0.25, -0.2) is 0 Å². The molecule has 0 amide bonds. The van der Waals surface area contributed by atoms with Crippen molar-refractivity contribution in [3.63, 3.8) is 0 Å². The number of halogens is 4. The predicted molar refractivity (Wildman–Crippen MR) is 81.9 cm³/mol. The summed E-state index contributed by atoms with van der Waals surface area (Å²) in [6.45, 7) is 1.74. The van der Waals surface area contributed by atoms with Gasteiger partial charge in [-0.3, -0.25) is 14.6 Å². The summed E-state index contributed by atoms with van der Waals surface area (Å²) in [5.74, 6) is -5.82. The molecule has 0 fully saturated rings. The van der Waals surface area contributed by atoms with Crippen LogP contribution >= 0.6 is 11.6 Å². The van der Waals surface area contributed by atoms with Crippen LogP contribution in [0.15, 0.2) is 46.0 Å². The van der Waals surface area contributed by atoms with Crippen molar-refractivity contribution in [2.24, 2.45) is 10.9 Å². The second-order valence-electron chi connectivity index (χ2n) is 4.89. The second-order valence-corrected chi connectivity index (χ2v) is 5.30. The zero-order valence-corrected chi connectivity index (χ0v) is 13.1. The minimum atomic E-state index is -5.18. The van der Waals surface area contributed by atoms with E-state index in [1.165, 1.54) is 24.3 Å². The van der Waals surface area contributed by atoms with Gasteiger partial charge in [-0.2, -0.15) is 13.2 Å². The third kappa shape index (κ3) is 4.11. The number of ketones is 2. The Labute approximate surface area is 139 Å². The first-order valence-corrected chi connectivity index (χ1v) is 7.07. The molecule has 1 aromatic heterocycles. The third-order valence-corrected chi connectivity index (χ3v) is 3.54. The Morgan fingerprint density at radius 1 is 1.29 bits per heavy atom. The summed E-state index contributed by atoms with van der Waals surface area (Å²) in [5, 5.41) is 0.362. The van der Waals surface area contributed by atoms with Crippen molar-refractivity contribution in [3.8, 4) is 0 Å². The fraction of sp³-hybridized carbons (Fsp3) is 0.188. The van der Waals surface area contributed by atoms with E-state index in [4.69, 9.17) is 16.0 Å². The number of Topliss-reactive ketones (excluding diaryl/α,β-unsaturated/α-hetero) is 2. The molecule has 1 aromatic carbocycles. The van der Waals surface area contributed by atoms with Gasteiger partial charge < -0.3 is 4.42 Å². The Kier molecular flexibility index (Phi) is 5.23. The van der Waals surface area contributed by atoms with Crippen LogP contribution in [0.1, 0.15) is 16.1 Å². The Bertz CT molecular complexity index is 782. The van der Waals surface area contributed by atoms with Crippen LogP contribution in [-0.2, 0) is 4.79 Å². The summed E-state index contributed by atoms with van der Waals surface area (Å²) in [7, 11) is 0. The molecule has 0 radical (unpaired) electrons. The van der Waals surface area contributed by atoms with Crippen LogP contribution in [0.3, 0.4) is 0 Å². The molecule has 126 valence electrons. The summed E-state index contributed by atoms with van der Waals surface area (Å²) >= 11 is 5.91. The van der Waals surface area contributed by atoms with E-state index in [0.717, 1.165) is 11.8 Å². The largest absolute Gasteiger partial charge is 0.461 e. The van der Waals surface area contributed by atoms with Crippen LogP contribution in [0.4, 0.5) is 18.9 Å². The van der Waals surface area contributed by atoms with Gasteiger partial charge in [-0.05, 0) is 36.8 Å². The molecule has 1 heterocycles. The molecule has 0 N–H and O–H groups in total. The van der Waals surface area contributed by atoms with Crippen LogP contribution in [0.2, 0.25) is 5.02 Å². The number of furan rings is 1. The maximum absolute atomic E-state index is 12.7. The molecule has 4 nitrogen and oxygen atoms in total. The second kappa shape index (κ2) is 7.00. The van der Waals surface area contributed by atoms with Gasteiger partial charge in [0.2, 0.25) is 5.78 Å². The van der Waals surface area contributed by atoms with Crippen molar-refractivity contribution >= 4 is 35.1 Å². The lowest BCUT2D eigenvalue weighted by Gasteiger charge is -2.11. The number of carbonyl (C=O) groups is 2. The summed E-state index contributed by atoms with van der Waals surface area (Å²) in [6.07, 6.45) is -3.40. The molecule has 0 saturated carbocycles. The molecular weight excluding hydrogens is 347 g/mol. The van der Waals surface area contributed by atoms with E-state index in [-0.39, 0.29) is 11.4 Å². The van der Waals surface area contributed by atoms with E-state index < -0.39 is 23.7 Å². The SMILES string of the molecule is Cc1ccc(N=CC(C(=O)c2ccco2)C(=O)C(F)(F)F)cc1Cl. The zero-order chi connectivity index (χ0) is 17.9. The Balaban J connectivity index is 2.35. The minimum Gasteiger partial charge on any atom is -0.461 e. The van der Waals surface area contributed by atoms with Crippen LogP contribution in [0, 0.1) is 12.8 Å². The van der Waals surface area contributed by atoms with E-state index in [1.807, 2.05) is 0 Å². The maximum atomic E-state index is 12.7. The molecule has 0 aliphatic carbocycles. The van der Waals surface area contributed by atoms with Gasteiger partial charge >= 0.3 is 6.18 Å². The van der Waals surface area contributed by atoms with Gasteiger partial charge in [-0.1, -0.05) is 17.7 Å². The van der Waals surface area contributed by atoms with Gasteiger partial charge in [0.15, 0.2) is 5.76 Å². The first kappa shape index (κ1) is 17.9. The van der Waals surface area contributed by atoms with Crippen molar-refractivity contribution in [1.29, 1.82) is 0 Å². The number of nitrogens with zero attached hydrogens (tertiary/aromatic N) is 1. The Hall–Kier alpha value is -2.41. The van der Waals surface area contributed by atoms with E-state index in [1.54, 1.807) is 13.0 Å². The number of hydrogen-bond acceptors (Lipinski definition) is 4. The van der Waals surface area contributed by atoms with E-state index in [2.05, 4.69) is 4.99 Å². The van der Waals surface area contributed by atoms with Gasteiger partial charge in [-0.15, -0.1) is 0 Å². The van der Waals surface area contributed by atoms with Gasteiger partial charge in [0.1, 0.15) is 5.92 Å². The van der Waals surface area contributed by atoms with Crippen LogP contribution in [0.25, 0.3) is 0 Å². The van der Waals surface area contributed by atoms with Crippen LogP contribution in [-0.4, -0.2) is 24.0 Å². The quantitative estimate of drug-likeness (QED) is 0.447. The normalized spacial score (nSPS) is 13.2. The first-order valence-electron chi connectivity index (χ1n) is 6.69. The van der Waals surface area contributed by atoms with Crippen molar-refractivity contribution < 1.29 is 27.2 Å². The molecule has 24 heavy (non-hydrogen) atoms. The number of aliphatic imine (C=N–C) groups is 1. The van der Waals surface area contributed by atoms with Crippen LogP contribution in [0.5, 0.6) is 0 Å².